The minimum absolute atomic E-state index is 0.576. The number of hydrogen-bond acceptors (Lipinski definition) is 2. The standard InChI is InChI=1S/C16H18BrNO/c1-11-8-16(12(2)7-15(11)17)19-10-14-5-3-13(9-18)4-6-14/h3-8H,9-10,18H2,1-2H3. The van der Waals surface area contributed by atoms with Crippen LogP contribution in [0.2, 0.25) is 0 Å². The van der Waals surface area contributed by atoms with Crippen molar-refractivity contribution in [3.8, 4) is 5.75 Å². The normalized spacial score (nSPS) is 10.5. The lowest BCUT2D eigenvalue weighted by Crippen LogP contribution is -1.99. The van der Waals surface area contributed by atoms with Crippen molar-refractivity contribution < 1.29 is 4.74 Å². The molecule has 2 aromatic carbocycles. The molecule has 3 heteroatoms. The van der Waals surface area contributed by atoms with Crippen LogP contribution in [-0.2, 0) is 13.2 Å². The van der Waals surface area contributed by atoms with Crippen LogP contribution in [0.15, 0.2) is 40.9 Å². The molecule has 0 aliphatic carbocycles. The smallest absolute Gasteiger partial charge is 0.123 e. The third kappa shape index (κ3) is 3.58. The summed E-state index contributed by atoms with van der Waals surface area (Å²) in [5.74, 6) is 0.934. The van der Waals surface area contributed by atoms with Gasteiger partial charge in [-0.2, -0.15) is 0 Å². The van der Waals surface area contributed by atoms with Gasteiger partial charge in [0, 0.05) is 11.0 Å². The Hall–Kier alpha value is -1.32. The van der Waals surface area contributed by atoms with Gasteiger partial charge in [-0.3, -0.25) is 0 Å². The highest BCUT2D eigenvalue weighted by molar-refractivity contribution is 9.10. The minimum Gasteiger partial charge on any atom is -0.489 e. The van der Waals surface area contributed by atoms with Crippen molar-refractivity contribution in [2.45, 2.75) is 27.0 Å². The molecule has 0 aliphatic rings. The molecular formula is C16H18BrNO. The van der Waals surface area contributed by atoms with Crippen LogP contribution in [-0.4, -0.2) is 0 Å². The van der Waals surface area contributed by atoms with Crippen LogP contribution >= 0.6 is 15.9 Å². The Morgan fingerprint density at radius 3 is 2.26 bits per heavy atom. The Bertz CT molecular complexity index is 564. The lowest BCUT2D eigenvalue weighted by molar-refractivity contribution is 0.304. The van der Waals surface area contributed by atoms with Crippen LogP contribution in [0, 0.1) is 13.8 Å². The van der Waals surface area contributed by atoms with Crippen molar-refractivity contribution in [1.29, 1.82) is 0 Å². The van der Waals surface area contributed by atoms with E-state index in [2.05, 4.69) is 54.0 Å². The molecule has 2 rings (SSSR count). The van der Waals surface area contributed by atoms with Crippen LogP contribution in [0.25, 0.3) is 0 Å². The van der Waals surface area contributed by atoms with Gasteiger partial charge in [0.2, 0.25) is 0 Å². The van der Waals surface area contributed by atoms with Gasteiger partial charge >= 0.3 is 0 Å². The molecule has 0 saturated heterocycles. The van der Waals surface area contributed by atoms with E-state index in [0.717, 1.165) is 26.9 Å². The fourth-order valence-electron chi connectivity index (χ4n) is 1.84. The maximum absolute atomic E-state index is 5.88. The summed E-state index contributed by atoms with van der Waals surface area (Å²) < 4.78 is 7.00. The average Bonchev–Trinajstić information content (AvgIpc) is 2.42. The Labute approximate surface area is 122 Å². The van der Waals surface area contributed by atoms with Gasteiger partial charge in [0.25, 0.3) is 0 Å². The van der Waals surface area contributed by atoms with E-state index in [-0.39, 0.29) is 0 Å². The Balaban J connectivity index is 2.07. The predicted molar refractivity (Wildman–Crippen MR) is 82.3 cm³/mol. The van der Waals surface area contributed by atoms with E-state index in [9.17, 15) is 0 Å². The summed E-state index contributed by atoms with van der Waals surface area (Å²) in [4.78, 5) is 0. The lowest BCUT2D eigenvalue weighted by atomic mass is 10.1. The second-order valence-electron chi connectivity index (χ2n) is 4.68. The number of rotatable bonds is 4. The van der Waals surface area contributed by atoms with Gasteiger partial charge in [-0.15, -0.1) is 0 Å². The predicted octanol–water partition coefficient (Wildman–Crippen LogP) is 4.10. The fraction of sp³-hybridized carbons (Fsp3) is 0.250. The van der Waals surface area contributed by atoms with E-state index in [1.807, 2.05) is 12.1 Å². The van der Waals surface area contributed by atoms with E-state index >= 15 is 0 Å². The Kier molecular flexibility index (Phi) is 4.61. The summed E-state index contributed by atoms with van der Waals surface area (Å²) in [5, 5.41) is 0. The maximum atomic E-state index is 5.88. The van der Waals surface area contributed by atoms with Crippen LogP contribution in [0.1, 0.15) is 22.3 Å². The first-order chi connectivity index (χ1) is 9.10. The maximum Gasteiger partial charge on any atom is 0.123 e. The zero-order chi connectivity index (χ0) is 13.8. The molecule has 0 amide bonds. The first kappa shape index (κ1) is 14.1. The fourth-order valence-corrected chi connectivity index (χ4v) is 2.30. The van der Waals surface area contributed by atoms with Crippen LogP contribution in [0.4, 0.5) is 0 Å². The second-order valence-corrected chi connectivity index (χ2v) is 5.53. The molecule has 2 N–H and O–H groups in total. The van der Waals surface area contributed by atoms with E-state index < -0.39 is 0 Å². The summed E-state index contributed by atoms with van der Waals surface area (Å²) in [6.07, 6.45) is 0. The first-order valence-corrected chi connectivity index (χ1v) is 7.07. The molecule has 2 aromatic rings. The van der Waals surface area contributed by atoms with E-state index in [1.165, 1.54) is 5.56 Å². The van der Waals surface area contributed by atoms with Crippen LogP contribution in [0.3, 0.4) is 0 Å². The zero-order valence-electron chi connectivity index (χ0n) is 11.2. The first-order valence-electron chi connectivity index (χ1n) is 6.27. The van der Waals surface area contributed by atoms with Gasteiger partial charge in [0.1, 0.15) is 12.4 Å². The van der Waals surface area contributed by atoms with Crippen molar-refractivity contribution >= 4 is 15.9 Å². The quantitative estimate of drug-likeness (QED) is 0.920. The van der Waals surface area contributed by atoms with Crippen molar-refractivity contribution in [2.24, 2.45) is 5.73 Å². The van der Waals surface area contributed by atoms with Crippen molar-refractivity contribution in [1.82, 2.24) is 0 Å². The molecule has 0 atom stereocenters. The van der Waals surface area contributed by atoms with Gasteiger partial charge in [-0.1, -0.05) is 40.2 Å². The van der Waals surface area contributed by atoms with E-state index in [4.69, 9.17) is 10.5 Å². The Morgan fingerprint density at radius 2 is 1.63 bits per heavy atom. The molecule has 0 aromatic heterocycles. The van der Waals surface area contributed by atoms with Crippen molar-refractivity contribution in [2.75, 3.05) is 0 Å². The zero-order valence-corrected chi connectivity index (χ0v) is 12.8. The molecule has 19 heavy (non-hydrogen) atoms. The highest BCUT2D eigenvalue weighted by atomic mass is 79.9. The topological polar surface area (TPSA) is 35.2 Å². The molecule has 0 spiro atoms. The molecule has 0 unspecified atom stereocenters. The van der Waals surface area contributed by atoms with Gasteiger partial charge in [0.15, 0.2) is 0 Å². The van der Waals surface area contributed by atoms with Gasteiger partial charge in [-0.05, 0) is 48.2 Å². The molecule has 0 heterocycles. The largest absolute Gasteiger partial charge is 0.489 e. The van der Waals surface area contributed by atoms with Gasteiger partial charge in [-0.25, -0.2) is 0 Å². The van der Waals surface area contributed by atoms with E-state index in [1.54, 1.807) is 0 Å². The summed E-state index contributed by atoms with van der Waals surface area (Å²) in [6, 6.07) is 12.3. The molecule has 0 bridgehead atoms. The lowest BCUT2D eigenvalue weighted by Gasteiger charge is -2.11. The summed E-state index contributed by atoms with van der Waals surface area (Å²) in [5.41, 5.74) is 10.2. The number of hydrogen-bond donors (Lipinski definition) is 1. The Morgan fingerprint density at radius 1 is 1.00 bits per heavy atom. The average molecular weight is 320 g/mol. The highest BCUT2D eigenvalue weighted by Gasteiger charge is 2.04. The molecular weight excluding hydrogens is 302 g/mol. The number of nitrogens with two attached hydrogens (primary N) is 1. The number of halogens is 1. The molecule has 0 aliphatic heterocycles. The van der Waals surface area contributed by atoms with Gasteiger partial charge < -0.3 is 10.5 Å². The highest BCUT2D eigenvalue weighted by Crippen LogP contribution is 2.26. The van der Waals surface area contributed by atoms with E-state index in [0.29, 0.717) is 13.2 Å². The summed E-state index contributed by atoms with van der Waals surface area (Å²) in [6.45, 7) is 5.27. The van der Waals surface area contributed by atoms with Crippen LogP contribution in [0.5, 0.6) is 5.75 Å². The molecule has 100 valence electrons. The molecule has 0 fully saturated rings. The molecule has 2 nitrogen and oxygen atoms in total. The third-order valence-corrected chi connectivity index (χ3v) is 3.96. The molecule has 0 saturated carbocycles. The van der Waals surface area contributed by atoms with Gasteiger partial charge in [0.05, 0.1) is 0 Å². The second kappa shape index (κ2) is 6.22. The third-order valence-electron chi connectivity index (χ3n) is 3.11. The number of aryl methyl sites for hydroxylation is 2. The minimum atomic E-state index is 0.576. The number of ether oxygens (including phenoxy) is 1. The summed E-state index contributed by atoms with van der Waals surface area (Å²) >= 11 is 3.52. The number of benzene rings is 2. The molecule has 0 radical (unpaired) electrons. The monoisotopic (exact) mass is 319 g/mol. The SMILES string of the molecule is Cc1cc(OCc2ccc(CN)cc2)c(C)cc1Br. The van der Waals surface area contributed by atoms with Crippen molar-refractivity contribution in [3.05, 3.63) is 63.1 Å². The van der Waals surface area contributed by atoms with Crippen molar-refractivity contribution in [3.63, 3.8) is 0 Å². The van der Waals surface area contributed by atoms with Crippen LogP contribution < -0.4 is 10.5 Å². The summed E-state index contributed by atoms with van der Waals surface area (Å²) in [7, 11) is 0.